The first-order valence-corrected chi connectivity index (χ1v) is 4.84. The van der Waals surface area contributed by atoms with E-state index in [-0.39, 0.29) is 13.0 Å². The van der Waals surface area contributed by atoms with Gasteiger partial charge in [0, 0.05) is 7.05 Å². The Bertz CT molecular complexity index is 375. The molecule has 0 aliphatic heterocycles. The third kappa shape index (κ3) is 2.94. The predicted octanol–water partition coefficient (Wildman–Crippen LogP) is -0.273. The third-order valence-electron chi connectivity index (χ3n) is 2.17. The molecule has 7 heteroatoms. The molecule has 1 heterocycles. The number of nitrogens with one attached hydrogen (secondary N) is 1. The third-order valence-corrected chi connectivity index (χ3v) is 2.17. The van der Waals surface area contributed by atoms with Crippen molar-refractivity contribution in [2.45, 2.75) is 20.3 Å². The van der Waals surface area contributed by atoms with Gasteiger partial charge in [0.05, 0.1) is 18.7 Å². The van der Waals surface area contributed by atoms with E-state index in [0.717, 1.165) is 11.4 Å². The topological polar surface area (TPSA) is 91.4 Å². The number of rotatable bonds is 5. The Kier molecular flexibility index (Phi) is 4.27. The Morgan fingerprint density at radius 2 is 2.25 bits per heavy atom. The van der Waals surface area contributed by atoms with E-state index >= 15 is 0 Å². The van der Waals surface area contributed by atoms with Crippen molar-refractivity contribution in [1.29, 1.82) is 0 Å². The van der Waals surface area contributed by atoms with Gasteiger partial charge < -0.3 is 9.57 Å². The number of ether oxygens (including phenoxy) is 1. The van der Waals surface area contributed by atoms with E-state index in [1.807, 2.05) is 26.5 Å². The van der Waals surface area contributed by atoms with E-state index in [9.17, 15) is 4.79 Å². The van der Waals surface area contributed by atoms with Crippen molar-refractivity contribution in [1.82, 2.24) is 15.4 Å². The van der Waals surface area contributed by atoms with Gasteiger partial charge in [-0.15, -0.1) is 0 Å². The highest BCUT2D eigenvalue weighted by molar-refractivity contribution is 5.69. The summed E-state index contributed by atoms with van der Waals surface area (Å²) >= 11 is 0. The quantitative estimate of drug-likeness (QED) is 0.532. The number of nitrogens with zero attached hydrogens (tertiary/aromatic N) is 2. The Labute approximate surface area is 93.4 Å². The summed E-state index contributed by atoms with van der Waals surface area (Å²) < 4.78 is 7.18. The fourth-order valence-corrected chi connectivity index (χ4v) is 1.32. The second kappa shape index (κ2) is 5.47. The van der Waals surface area contributed by atoms with Crippen LogP contribution in [0, 0.1) is 13.8 Å². The fraction of sp³-hybridized carbons (Fsp3) is 0.556. The number of aromatic nitrogens is 2. The molecule has 0 spiro atoms. The van der Waals surface area contributed by atoms with Crippen LogP contribution in [0.25, 0.3) is 0 Å². The molecule has 1 rings (SSSR count). The molecule has 0 bridgehead atoms. The predicted molar refractivity (Wildman–Crippen MR) is 56.2 cm³/mol. The summed E-state index contributed by atoms with van der Waals surface area (Å²) in [5.74, 6) is 5.05. The van der Waals surface area contributed by atoms with Crippen molar-refractivity contribution in [3.8, 4) is 5.75 Å². The number of hydrazine groups is 1. The van der Waals surface area contributed by atoms with Gasteiger partial charge in [-0.1, -0.05) is 5.59 Å². The Morgan fingerprint density at radius 1 is 1.56 bits per heavy atom. The van der Waals surface area contributed by atoms with Crippen molar-refractivity contribution < 1.29 is 14.4 Å². The fourth-order valence-electron chi connectivity index (χ4n) is 1.32. The van der Waals surface area contributed by atoms with Gasteiger partial charge >= 0.3 is 5.97 Å². The average molecular weight is 228 g/mol. The van der Waals surface area contributed by atoms with E-state index in [1.165, 1.54) is 0 Å². The first-order chi connectivity index (χ1) is 7.56. The maximum absolute atomic E-state index is 10.9. The second-order valence-electron chi connectivity index (χ2n) is 3.31. The summed E-state index contributed by atoms with van der Waals surface area (Å²) in [5.41, 5.74) is 3.54. The first kappa shape index (κ1) is 12.5. The normalized spacial score (nSPS) is 10.2. The molecule has 0 atom stereocenters. The standard InChI is InChI=1S/C9H16N4O3/c1-6-9(7(2)13(3)11-6)15-5-4-8(14)16-12-10/h12H,4-5,10H2,1-3H3. The zero-order valence-corrected chi connectivity index (χ0v) is 9.61. The summed E-state index contributed by atoms with van der Waals surface area (Å²) in [5, 5.41) is 4.19. The molecule has 3 N–H and O–H groups in total. The lowest BCUT2D eigenvalue weighted by atomic mass is 10.3. The summed E-state index contributed by atoms with van der Waals surface area (Å²) in [6, 6.07) is 0. The number of nitrogens with two attached hydrogens (primary N) is 1. The van der Waals surface area contributed by atoms with Crippen LogP contribution in [0.4, 0.5) is 0 Å². The van der Waals surface area contributed by atoms with Crippen LogP contribution in [0.15, 0.2) is 0 Å². The van der Waals surface area contributed by atoms with Gasteiger partial charge in [0.2, 0.25) is 0 Å². The molecule has 1 aromatic rings. The van der Waals surface area contributed by atoms with Crippen LogP contribution in [0.3, 0.4) is 0 Å². The molecule has 0 aliphatic carbocycles. The summed E-state index contributed by atoms with van der Waals surface area (Å²) in [4.78, 5) is 15.3. The molecule has 0 amide bonds. The molecule has 1 aromatic heterocycles. The molecule has 0 aromatic carbocycles. The highest BCUT2D eigenvalue weighted by atomic mass is 16.7. The Balaban J connectivity index is 2.46. The van der Waals surface area contributed by atoms with Crippen molar-refractivity contribution >= 4 is 5.97 Å². The van der Waals surface area contributed by atoms with Gasteiger partial charge in [-0.2, -0.15) is 5.10 Å². The molecular weight excluding hydrogens is 212 g/mol. The van der Waals surface area contributed by atoms with Crippen LogP contribution in [0.1, 0.15) is 17.8 Å². The maximum Gasteiger partial charge on any atom is 0.329 e. The molecule has 0 fully saturated rings. The van der Waals surface area contributed by atoms with Crippen LogP contribution in [0.5, 0.6) is 5.75 Å². The van der Waals surface area contributed by atoms with Crippen molar-refractivity contribution in [2.75, 3.05) is 6.61 Å². The van der Waals surface area contributed by atoms with Gasteiger partial charge in [-0.05, 0) is 13.8 Å². The maximum atomic E-state index is 10.9. The molecule has 0 unspecified atom stereocenters. The lowest BCUT2D eigenvalue weighted by Crippen LogP contribution is -2.27. The number of hydrogen-bond acceptors (Lipinski definition) is 6. The lowest BCUT2D eigenvalue weighted by Gasteiger charge is -2.05. The number of carbonyl (C=O) groups is 1. The van der Waals surface area contributed by atoms with Gasteiger partial charge in [0.1, 0.15) is 5.69 Å². The van der Waals surface area contributed by atoms with E-state index in [4.69, 9.17) is 10.6 Å². The van der Waals surface area contributed by atoms with Crippen molar-refractivity contribution in [3.05, 3.63) is 11.4 Å². The van der Waals surface area contributed by atoms with Gasteiger partial charge in [0.25, 0.3) is 0 Å². The molecule has 0 saturated carbocycles. The zero-order chi connectivity index (χ0) is 12.1. The monoisotopic (exact) mass is 228 g/mol. The van der Waals surface area contributed by atoms with Crippen LogP contribution in [-0.4, -0.2) is 22.4 Å². The van der Waals surface area contributed by atoms with E-state index < -0.39 is 5.97 Å². The number of aryl methyl sites for hydroxylation is 2. The minimum absolute atomic E-state index is 0.123. The van der Waals surface area contributed by atoms with Crippen molar-refractivity contribution in [2.24, 2.45) is 12.9 Å². The molecular formula is C9H16N4O3. The molecule has 0 aliphatic rings. The SMILES string of the molecule is Cc1nn(C)c(C)c1OCCC(=O)ONN. The van der Waals surface area contributed by atoms with Gasteiger partial charge in [-0.3, -0.25) is 9.48 Å². The van der Waals surface area contributed by atoms with Crippen LogP contribution < -0.4 is 16.2 Å². The Hall–Kier alpha value is -1.60. The average Bonchev–Trinajstić information content (AvgIpc) is 2.45. The van der Waals surface area contributed by atoms with Crippen LogP contribution in [0.2, 0.25) is 0 Å². The molecule has 0 saturated heterocycles. The minimum atomic E-state index is -0.471. The summed E-state index contributed by atoms with van der Waals surface area (Å²) in [6.07, 6.45) is 0.123. The van der Waals surface area contributed by atoms with E-state index in [2.05, 4.69) is 9.94 Å². The minimum Gasteiger partial charge on any atom is -0.489 e. The molecule has 0 radical (unpaired) electrons. The molecule has 90 valence electrons. The number of hydrogen-bond donors (Lipinski definition) is 2. The summed E-state index contributed by atoms with van der Waals surface area (Å²) in [7, 11) is 1.84. The van der Waals surface area contributed by atoms with Crippen molar-refractivity contribution in [3.63, 3.8) is 0 Å². The molecule has 7 nitrogen and oxygen atoms in total. The summed E-state index contributed by atoms with van der Waals surface area (Å²) in [6.45, 7) is 3.98. The lowest BCUT2D eigenvalue weighted by molar-refractivity contribution is -0.151. The highest BCUT2D eigenvalue weighted by Gasteiger charge is 2.11. The smallest absolute Gasteiger partial charge is 0.329 e. The van der Waals surface area contributed by atoms with Crippen LogP contribution in [-0.2, 0) is 16.7 Å². The zero-order valence-electron chi connectivity index (χ0n) is 9.61. The second-order valence-corrected chi connectivity index (χ2v) is 3.31. The van der Waals surface area contributed by atoms with E-state index in [1.54, 1.807) is 4.68 Å². The molecule has 16 heavy (non-hydrogen) atoms. The van der Waals surface area contributed by atoms with Crippen LogP contribution >= 0.6 is 0 Å². The van der Waals surface area contributed by atoms with E-state index in [0.29, 0.717) is 5.75 Å². The number of carbonyl (C=O) groups excluding carboxylic acids is 1. The van der Waals surface area contributed by atoms with Gasteiger partial charge in [0.15, 0.2) is 5.75 Å². The van der Waals surface area contributed by atoms with Gasteiger partial charge in [-0.25, -0.2) is 5.84 Å². The highest BCUT2D eigenvalue weighted by Crippen LogP contribution is 2.21. The Morgan fingerprint density at radius 3 is 2.75 bits per heavy atom. The first-order valence-electron chi connectivity index (χ1n) is 4.84. The largest absolute Gasteiger partial charge is 0.489 e.